The van der Waals surface area contributed by atoms with Gasteiger partial charge < -0.3 is 0 Å². The molecule has 20 heavy (non-hydrogen) atoms. The van der Waals surface area contributed by atoms with Gasteiger partial charge in [0.15, 0.2) is 5.69 Å². The molecule has 0 radical (unpaired) electrons. The maximum Gasteiger partial charge on any atom is 0.434 e. The van der Waals surface area contributed by atoms with E-state index in [4.69, 9.17) is 5.26 Å². The fourth-order valence-corrected chi connectivity index (χ4v) is 2.02. The fraction of sp³-hybridized carbons (Fsp3) is 0.0833. The highest BCUT2D eigenvalue weighted by Crippen LogP contribution is 2.31. The van der Waals surface area contributed by atoms with Gasteiger partial charge in [0, 0.05) is 5.56 Å². The molecule has 0 atom stereocenters. The van der Waals surface area contributed by atoms with Crippen molar-refractivity contribution < 1.29 is 13.2 Å². The average Bonchev–Trinajstić information content (AvgIpc) is 2.40. The summed E-state index contributed by atoms with van der Waals surface area (Å²) in [5.74, 6) is 0. The Bertz CT molecular complexity index is 745. The van der Waals surface area contributed by atoms with Crippen LogP contribution < -0.4 is 5.43 Å². The summed E-state index contributed by atoms with van der Waals surface area (Å²) in [5, 5.41) is 13.9. The molecule has 0 fully saturated rings. The quantitative estimate of drug-likeness (QED) is 0.864. The van der Waals surface area contributed by atoms with E-state index in [-0.39, 0.29) is 5.69 Å². The third kappa shape index (κ3) is 2.58. The number of aromatic nitrogens is 2. The zero-order valence-corrected chi connectivity index (χ0v) is 11.2. The van der Waals surface area contributed by atoms with Crippen molar-refractivity contribution in [2.45, 2.75) is 6.18 Å². The van der Waals surface area contributed by atoms with E-state index in [0.717, 1.165) is 0 Å². The molecule has 0 bridgehead atoms. The molecule has 1 N–H and O–H groups in total. The largest absolute Gasteiger partial charge is 0.434 e. The van der Waals surface area contributed by atoms with Gasteiger partial charge in [-0.25, -0.2) is 0 Å². The molecular weight excluding hydrogens is 339 g/mol. The monoisotopic (exact) mass is 343 g/mol. The Labute approximate surface area is 119 Å². The normalized spacial score (nSPS) is 11.2. The first-order valence-electron chi connectivity index (χ1n) is 5.20. The van der Waals surface area contributed by atoms with Crippen molar-refractivity contribution in [1.29, 1.82) is 5.26 Å². The van der Waals surface area contributed by atoms with Crippen LogP contribution in [0.5, 0.6) is 0 Å². The Morgan fingerprint density at radius 2 is 1.85 bits per heavy atom. The van der Waals surface area contributed by atoms with Crippen LogP contribution in [0.1, 0.15) is 11.3 Å². The van der Waals surface area contributed by atoms with E-state index in [0.29, 0.717) is 11.1 Å². The summed E-state index contributed by atoms with van der Waals surface area (Å²) in [6.45, 7) is 0. The van der Waals surface area contributed by atoms with Crippen molar-refractivity contribution in [2.24, 2.45) is 0 Å². The first kappa shape index (κ1) is 14.3. The predicted octanol–water partition coefficient (Wildman–Crippen LogP) is 3.09. The molecule has 0 unspecified atom stereocenters. The highest BCUT2D eigenvalue weighted by atomic mass is 79.9. The van der Waals surface area contributed by atoms with Gasteiger partial charge in [0.1, 0.15) is 5.69 Å². The smallest absolute Gasteiger partial charge is 0.286 e. The third-order valence-corrected chi connectivity index (χ3v) is 3.24. The molecule has 8 heteroatoms. The molecule has 0 amide bonds. The van der Waals surface area contributed by atoms with Crippen LogP contribution in [0.15, 0.2) is 33.5 Å². The second-order valence-electron chi connectivity index (χ2n) is 3.78. The fourth-order valence-electron chi connectivity index (χ4n) is 1.52. The van der Waals surface area contributed by atoms with Crippen LogP contribution >= 0.6 is 15.9 Å². The van der Waals surface area contributed by atoms with E-state index in [9.17, 15) is 18.0 Å². The molecule has 2 aromatic rings. The average molecular weight is 344 g/mol. The second kappa shape index (κ2) is 5.09. The summed E-state index contributed by atoms with van der Waals surface area (Å²) >= 11 is 2.64. The van der Waals surface area contributed by atoms with Gasteiger partial charge in [-0.1, -0.05) is 12.1 Å². The van der Waals surface area contributed by atoms with Crippen molar-refractivity contribution in [3.63, 3.8) is 0 Å². The first-order chi connectivity index (χ1) is 9.34. The van der Waals surface area contributed by atoms with E-state index in [2.05, 4.69) is 21.0 Å². The molecule has 0 saturated carbocycles. The van der Waals surface area contributed by atoms with Crippen molar-refractivity contribution in [3.05, 3.63) is 50.2 Å². The van der Waals surface area contributed by atoms with Gasteiger partial charge in [0.05, 0.1) is 16.1 Å². The Morgan fingerprint density at radius 3 is 2.35 bits per heavy atom. The molecule has 1 aromatic carbocycles. The zero-order valence-electron chi connectivity index (χ0n) is 9.62. The van der Waals surface area contributed by atoms with E-state index in [1.54, 1.807) is 0 Å². The summed E-state index contributed by atoms with van der Waals surface area (Å²) in [6, 6.07) is 7.67. The molecule has 0 aliphatic heterocycles. The van der Waals surface area contributed by atoms with Crippen LogP contribution in [-0.4, -0.2) is 10.2 Å². The standard InChI is InChI=1S/C12H5BrF3N3O/c13-8-10(20)9(18-19-11(8)12(14,15)16)7-3-1-6(5-17)2-4-7/h1-4H,(H,19,20). The number of hydrogen-bond acceptors (Lipinski definition) is 3. The number of hydrogen-bond donors (Lipinski definition) is 1. The maximum atomic E-state index is 12.6. The van der Waals surface area contributed by atoms with Crippen molar-refractivity contribution in [1.82, 2.24) is 10.2 Å². The van der Waals surface area contributed by atoms with Crippen molar-refractivity contribution in [2.75, 3.05) is 0 Å². The summed E-state index contributed by atoms with van der Waals surface area (Å²) in [4.78, 5) is 11.9. The lowest BCUT2D eigenvalue weighted by Gasteiger charge is -2.09. The van der Waals surface area contributed by atoms with Gasteiger partial charge in [0.25, 0.3) is 0 Å². The predicted molar refractivity (Wildman–Crippen MR) is 67.7 cm³/mol. The van der Waals surface area contributed by atoms with E-state index in [1.807, 2.05) is 11.2 Å². The first-order valence-corrected chi connectivity index (χ1v) is 6.00. The van der Waals surface area contributed by atoms with Gasteiger partial charge in [-0.15, -0.1) is 0 Å². The second-order valence-corrected chi connectivity index (χ2v) is 4.57. The van der Waals surface area contributed by atoms with Crippen LogP contribution in [0, 0.1) is 11.3 Å². The molecule has 0 aliphatic carbocycles. The topological polar surface area (TPSA) is 69.5 Å². The molecule has 2 rings (SSSR count). The Hall–Kier alpha value is -2.14. The zero-order chi connectivity index (χ0) is 14.9. The molecule has 0 saturated heterocycles. The number of alkyl halides is 3. The lowest BCUT2D eigenvalue weighted by atomic mass is 10.1. The van der Waals surface area contributed by atoms with E-state index >= 15 is 0 Å². The third-order valence-electron chi connectivity index (χ3n) is 2.48. The molecular formula is C12H5BrF3N3O. The van der Waals surface area contributed by atoms with Crippen LogP contribution in [0.2, 0.25) is 0 Å². The molecule has 0 spiro atoms. The van der Waals surface area contributed by atoms with E-state index < -0.39 is 21.8 Å². The maximum absolute atomic E-state index is 12.6. The van der Waals surface area contributed by atoms with Crippen molar-refractivity contribution in [3.8, 4) is 17.3 Å². The molecule has 1 aromatic heterocycles. The van der Waals surface area contributed by atoms with Gasteiger partial charge in [-0.3, -0.25) is 9.89 Å². The Kier molecular flexibility index (Phi) is 3.63. The van der Waals surface area contributed by atoms with Crippen LogP contribution in [-0.2, 0) is 6.18 Å². The lowest BCUT2D eigenvalue weighted by molar-refractivity contribution is -0.142. The summed E-state index contributed by atoms with van der Waals surface area (Å²) in [7, 11) is 0. The number of H-pyrrole nitrogens is 1. The SMILES string of the molecule is N#Cc1ccc(-c2n[nH]c(C(F)(F)F)c(Br)c2=O)cc1. The van der Waals surface area contributed by atoms with Gasteiger partial charge in [-0.2, -0.15) is 23.5 Å². The van der Waals surface area contributed by atoms with Crippen molar-refractivity contribution >= 4 is 15.9 Å². The summed E-state index contributed by atoms with van der Waals surface area (Å²) in [6.07, 6.45) is -4.70. The van der Waals surface area contributed by atoms with Crippen LogP contribution in [0.4, 0.5) is 13.2 Å². The van der Waals surface area contributed by atoms with Gasteiger partial charge >= 0.3 is 6.18 Å². The van der Waals surface area contributed by atoms with Crippen LogP contribution in [0.3, 0.4) is 0 Å². The molecule has 4 nitrogen and oxygen atoms in total. The number of nitrogens with one attached hydrogen (secondary N) is 1. The minimum atomic E-state index is -4.70. The van der Waals surface area contributed by atoms with Gasteiger partial charge in [0.2, 0.25) is 5.43 Å². The number of rotatable bonds is 1. The van der Waals surface area contributed by atoms with E-state index in [1.165, 1.54) is 24.3 Å². The number of nitriles is 1. The Morgan fingerprint density at radius 1 is 1.25 bits per heavy atom. The number of nitrogens with zero attached hydrogens (tertiary/aromatic N) is 2. The Balaban J connectivity index is 2.57. The number of aromatic amines is 1. The minimum absolute atomic E-state index is 0.158. The highest BCUT2D eigenvalue weighted by Gasteiger charge is 2.36. The molecule has 1 heterocycles. The lowest BCUT2D eigenvalue weighted by Crippen LogP contribution is -2.19. The highest BCUT2D eigenvalue weighted by molar-refractivity contribution is 9.10. The summed E-state index contributed by atoms with van der Waals surface area (Å²) < 4.78 is 37.1. The van der Waals surface area contributed by atoms with Crippen LogP contribution in [0.25, 0.3) is 11.3 Å². The minimum Gasteiger partial charge on any atom is -0.286 e. The summed E-state index contributed by atoms with van der Waals surface area (Å²) in [5.41, 5.74) is -1.58. The van der Waals surface area contributed by atoms with Gasteiger partial charge in [-0.05, 0) is 28.1 Å². The molecule has 0 aliphatic rings. The number of halogens is 4. The number of benzene rings is 1. The molecule has 102 valence electrons.